The van der Waals surface area contributed by atoms with Gasteiger partial charge in [0.15, 0.2) is 5.58 Å². The highest BCUT2D eigenvalue weighted by atomic mass is 32.2. The van der Waals surface area contributed by atoms with Crippen molar-refractivity contribution < 1.29 is 17.6 Å². The van der Waals surface area contributed by atoms with Gasteiger partial charge in [-0.25, -0.2) is 17.5 Å². The molecular weight excluding hydrogens is 460 g/mol. The number of carbonyl (C=O) groups is 1. The number of nitrogens with zero attached hydrogens (tertiary/aromatic N) is 2. The third kappa shape index (κ3) is 3.49. The molecular formula is C24H18N2O5S2. The van der Waals surface area contributed by atoms with Gasteiger partial charge in [0, 0.05) is 28.8 Å². The molecule has 0 radical (unpaired) electrons. The highest BCUT2D eigenvalue weighted by molar-refractivity contribution is 7.93. The Morgan fingerprint density at radius 3 is 2.61 bits per heavy atom. The molecule has 0 aliphatic rings. The number of pyridine rings is 1. The summed E-state index contributed by atoms with van der Waals surface area (Å²) in [5, 5.41) is 1.70. The van der Waals surface area contributed by atoms with Gasteiger partial charge in [-0.3, -0.25) is 9.78 Å². The van der Waals surface area contributed by atoms with Crippen LogP contribution in [0.1, 0.15) is 19.8 Å². The molecule has 0 aliphatic heterocycles. The number of carbonyl (C=O) groups excluding carboxylic acids is 1. The van der Waals surface area contributed by atoms with Gasteiger partial charge >= 0.3 is 4.94 Å². The highest BCUT2D eigenvalue weighted by Gasteiger charge is 2.34. The van der Waals surface area contributed by atoms with Crippen LogP contribution in [0.5, 0.6) is 0 Å². The van der Waals surface area contributed by atoms with E-state index in [0.717, 1.165) is 15.6 Å². The summed E-state index contributed by atoms with van der Waals surface area (Å²) in [6, 6.07) is 16.8. The number of rotatable bonds is 5. The van der Waals surface area contributed by atoms with Crippen molar-refractivity contribution in [2.45, 2.75) is 24.7 Å². The average Bonchev–Trinajstić information content (AvgIpc) is 3.19. The van der Waals surface area contributed by atoms with Crippen LogP contribution in [0.25, 0.3) is 32.0 Å². The van der Waals surface area contributed by atoms with E-state index in [1.165, 1.54) is 18.3 Å². The molecule has 0 aliphatic carbocycles. The first-order valence-corrected chi connectivity index (χ1v) is 12.5. The van der Waals surface area contributed by atoms with Crippen molar-refractivity contribution in [1.82, 2.24) is 4.98 Å². The molecule has 0 bridgehead atoms. The van der Waals surface area contributed by atoms with Crippen LogP contribution < -0.4 is 9.24 Å². The molecule has 0 N–H and O–H groups in total. The number of benzene rings is 3. The van der Waals surface area contributed by atoms with Gasteiger partial charge in [0.2, 0.25) is 5.91 Å². The number of aromatic nitrogens is 1. The molecule has 166 valence electrons. The third-order valence-electron chi connectivity index (χ3n) is 5.34. The molecule has 7 nitrogen and oxygen atoms in total. The van der Waals surface area contributed by atoms with Crippen molar-refractivity contribution in [3.63, 3.8) is 0 Å². The first-order valence-electron chi connectivity index (χ1n) is 10.3. The predicted octanol–water partition coefficient (Wildman–Crippen LogP) is 5.08. The molecule has 0 fully saturated rings. The van der Waals surface area contributed by atoms with Crippen LogP contribution in [0.15, 0.2) is 81.0 Å². The molecule has 2 aromatic heterocycles. The minimum atomic E-state index is -4.34. The van der Waals surface area contributed by atoms with Crippen LogP contribution >= 0.6 is 11.3 Å². The second kappa shape index (κ2) is 8.09. The number of para-hydroxylation sites is 1. The van der Waals surface area contributed by atoms with Crippen LogP contribution in [0, 0.1) is 0 Å². The Balaban J connectivity index is 1.85. The fourth-order valence-electron chi connectivity index (χ4n) is 3.94. The molecule has 0 atom stereocenters. The quantitative estimate of drug-likeness (QED) is 0.349. The lowest BCUT2D eigenvalue weighted by atomic mass is 10.1. The first kappa shape index (κ1) is 21.3. The van der Waals surface area contributed by atoms with Gasteiger partial charge < -0.3 is 4.42 Å². The fraction of sp³-hybridized carbons (Fsp3) is 0.125. The van der Waals surface area contributed by atoms with Gasteiger partial charge in [-0.2, -0.15) is 0 Å². The summed E-state index contributed by atoms with van der Waals surface area (Å²) in [7, 11) is -4.34. The van der Waals surface area contributed by atoms with E-state index in [9.17, 15) is 18.0 Å². The summed E-state index contributed by atoms with van der Waals surface area (Å²) in [4.78, 5) is 29.0. The van der Waals surface area contributed by atoms with E-state index in [-0.39, 0.29) is 22.5 Å². The number of sulfonamides is 1. The van der Waals surface area contributed by atoms with Crippen molar-refractivity contribution in [3.05, 3.63) is 76.6 Å². The summed E-state index contributed by atoms with van der Waals surface area (Å²) in [6.07, 6.45) is 2.02. The smallest absolute Gasteiger partial charge is 0.396 e. The molecule has 5 aromatic rings. The van der Waals surface area contributed by atoms with Crippen molar-refractivity contribution >= 4 is 64.9 Å². The molecule has 0 unspecified atom stereocenters. The summed E-state index contributed by atoms with van der Waals surface area (Å²) in [5.41, 5.74) is 0.839. The van der Waals surface area contributed by atoms with Crippen LogP contribution in [-0.4, -0.2) is 19.3 Å². The second-order valence-corrected chi connectivity index (χ2v) is 10.2. The number of hydrogen-bond donors (Lipinski definition) is 0. The Kier molecular flexibility index (Phi) is 5.22. The Hall–Kier alpha value is -3.56. The number of anilines is 1. The topological polar surface area (TPSA) is 97.5 Å². The van der Waals surface area contributed by atoms with Crippen molar-refractivity contribution in [3.8, 4) is 0 Å². The maximum atomic E-state index is 14.0. The van der Waals surface area contributed by atoms with E-state index in [1.807, 2.05) is 6.92 Å². The van der Waals surface area contributed by atoms with Gasteiger partial charge in [-0.05, 0) is 24.6 Å². The van der Waals surface area contributed by atoms with Crippen LogP contribution in [0.3, 0.4) is 0 Å². The molecule has 0 saturated carbocycles. The Labute approximate surface area is 193 Å². The molecule has 2 heterocycles. The number of fused-ring (bicyclic) bond motifs is 4. The van der Waals surface area contributed by atoms with E-state index >= 15 is 0 Å². The zero-order chi connectivity index (χ0) is 23.2. The molecule has 0 saturated heterocycles. The molecule has 33 heavy (non-hydrogen) atoms. The van der Waals surface area contributed by atoms with Gasteiger partial charge in [0.25, 0.3) is 10.0 Å². The summed E-state index contributed by atoms with van der Waals surface area (Å²) in [5.74, 6) is -0.564. The minimum Gasteiger partial charge on any atom is -0.413 e. The summed E-state index contributed by atoms with van der Waals surface area (Å²) in [6.45, 7) is 1.81. The largest absolute Gasteiger partial charge is 0.413 e. The van der Waals surface area contributed by atoms with Gasteiger partial charge in [0.05, 0.1) is 15.9 Å². The lowest BCUT2D eigenvalue weighted by Crippen LogP contribution is -2.37. The fourth-order valence-corrected chi connectivity index (χ4v) is 6.29. The molecule has 9 heteroatoms. The van der Waals surface area contributed by atoms with Gasteiger partial charge in [0.1, 0.15) is 4.90 Å². The highest BCUT2D eigenvalue weighted by Crippen LogP contribution is 2.38. The Bertz CT molecular complexity index is 1700. The van der Waals surface area contributed by atoms with Crippen LogP contribution in [-0.2, 0) is 14.8 Å². The maximum absolute atomic E-state index is 14.0. The summed E-state index contributed by atoms with van der Waals surface area (Å²) < 4.78 is 34.7. The van der Waals surface area contributed by atoms with E-state index in [1.54, 1.807) is 48.5 Å². The van der Waals surface area contributed by atoms with Gasteiger partial charge in [-0.1, -0.05) is 60.7 Å². The first-order chi connectivity index (χ1) is 15.9. The van der Waals surface area contributed by atoms with Crippen molar-refractivity contribution in [2.75, 3.05) is 4.31 Å². The van der Waals surface area contributed by atoms with E-state index < -0.39 is 20.9 Å². The van der Waals surface area contributed by atoms with Crippen molar-refractivity contribution in [1.29, 1.82) is 0 Å². The zero-order valence-corrected chi connectivity index (χ0v) is 19.2. The van der Waals surface area contributed by atoms with E-state index in [2.05, 4.69) is 4.98 Å². The second-order valence-electron chi connectivity index (χ2n) is 7.47. The molecule has 3 aromatic carbocycles. The van der Waals surface area contributed by atoms with Gasteiger partial charge in [-0.15, -0.1) is 0 Å². The van der Waals surface area contributed by atoms with Crippen LogP contribution in [0.4, 0.5) is 5.69 Å². The lowest BCUT2D eigenvalue weighted by Gasteiger charge is -2.24. The monoisotopic (exact) mass is 478 g/mol. The number of hydrogen-bond acceptors (Lipinski definition) is 7. The van der Waals surface area contributed by atoms with E-state index in [4.69, 9.17) is 4.42 Å². The van der Waals surface area contributed by atoms with Crippen molar-refractivity contribution in [2.24, 2.45) is 0 Å². The molecule has 1 amide bonds. The maximum Gasteiger partial charge on any atom is 0.396 e. The molecule has 5 rings (SSSR count). The Morgan fingerprint density at radius 1 is 1.06 bits per heavy atom. The lowest BCUT2D eigenvalue weighted by molar-refractivity contribution is -0.117. The van der Waals surface area contributed by atoms with Crippen LogP contribution in [0.2, 0.25) is 0 Å². The normalized spacial score (nSPS) is 11.9. The number of amides is 1. The predicted molar refractivity (Wildman–Crippen MR) is 129 cm³/mol. The SMILES string of the molecule is CCCC(=O)N(c1cc2sc(=O)oc2c2ccccc12)S(=O)(=O)c1cccc2cccnc12. The zero-order valence-electron chi connectivity index (χ0n) is 17.5. The Morgan fingerprint density at radius 2 is 1.82 bits per heavy atom. The summed E-state index contributed by atoms with van der Waals surface area (Å²) >= 11 is 0.865. The van der Waals surface area contributed by atoms with E-state index in [0.29, 0.717) is 32.9 Å². The average molecular weight is 479 g/mol. The standard InChI is InChI=1S/C24H18N2O5S2/c1-2-7-21(27)26(33(29,30)20-12-5-8-15-9-6-13-25-22(15)20)18-14-19-23(31-24(28)32-19)17-11-4-3-10-16(17)18/h3-6,8-14H,2,7H2,1H3. The minimum absolute atomic E-state index is 0.0331. The molecule has 0 spiro atoms. The third-order valence-corrected chi connectivity index (χ3v) is 7.88.